The van der Waals surface area contributed by atoms with Crippen molar-refractivity contribution in [1.29, 1.82) is 0 Å². The minimum absolute atomic E-state index is 0.691. The molecule has 3 heteroatoms. The van der Waals surface area contributed by atoms with Gasteiger partial charge in [-0.25, -0.2) is 4.98 Å². The van der Waals surface area contributed by atoms with Crippen molar-refractivity contribution in [1.82, 2.24) is 14.9 Å². The highest BCUT2D eigenvalue weighted by Crippen LogP contribution is 2.16. The van der Waals surface area contributed by atoms with Crippen LogP contribution in [0.5, 0.6) is 0 Å². The van der Waals surface area contributed by atoms with E-state index in [4.69, 9.17) is 0 Å². The lowest BCUT2D eigenvalue weighted by atomic mass is 10.1. The summed E-state index contributed by atoms with van der Waals surface area (Å²) >= 11 is 0. The molecule has 0 aliphatic carbocycles. The lowest BCUT2D eigenvalue weighted by Crippen LogP contribution is -2.29. The van der Waals surface area contributed by atoms with Gasteiger partial charge < -0.3 is 9.88 Å². The van der Waals surface area contributed by atoms with Crippen molar-refractivity contribution < 1.29 is 0 Å². The third-order valence-corrected chi connectivity index (χ3v) is 2.75. The smallest absolute Gasteiger partial charge is 0.109 e. The van der Waals surface area contributed by atoms with Crippen molar-refractivity contribution in [3.63, 3.8) is 0 Å². The zero-order chi connectivity index (χ0) is 10.1. The van der Waals surface area contributed by atoms with Crippen molar-refractivity contribution in [3.05, 3.63) is 17.2 Å². The maximum atomic E-state index is 4.66. The van der Waals surface area contributed by atoms with Crippen LogP contribution >= 0.6 is 0 Å². The molecule has 0 radical (unpaired) electrons. The van der Waals surface area contributed by atoms with Crippen LogP contribution in [0.1, 0.15) is 31.1 Å². The number of rotatable bonds is 2. The molecule has 14 heavy (non-hydrogen) atoms. The van der Waals surface area contributed by atoms with E-state index in [1.807, 2.05) is 0 Å². The van der Waals surface area contributed by atoms with Gasteiger partial charge in [-0.05, 0) is 12.8 Å². The summed E-state index contributed by atoms with van der Waals surface area (Å²) < 4.78 is 2.39. The van der Waals surface area contributed by atoms with Crippen molar-refractivity contribution in [2.24, 2.45) is 5.92 Å². The van der Waals surface area contributed by atoms with Crippen LogP contribution < -0.4 is 5.32 Å². The van der Waals surface area contributed by atoms with Gasteiger partial charge in [0.25, 0.3) is 0 Å². The fourth-order valence-electron chi connectivity index (χ4n) is 2.08. The topological polar surface area (TPSA) is 29.9 Å². The van der Waals surface area contributed by atoms with Crippen LogP contribution in [0.2, 0.25) is 0 Å². The van der Waals surface area contributed by atoms with E-state index in [2.05, 4.69) is 35.6 Å². The molecule has 78 valence electrons. The van der Waals surface area contributed by atoms with Gasteiger partial charge in [-0.1, -0.05) is 13.8 Å². The standard InChI is InChI=1S/C11H19N3/c1-8(2)6-11-13-9(3)10-7-12-4-5-14(10)11/h8,12H,4-7H2,1-3H3. The molecule has 1 aromatic heterocycles. The number of imidazole rings is 1. The maximum Gasteiger partial charge on any atom is 0.109 e. The Morgan fingerprint density at radius 3 is 3.00 bits per heavy atom. The normalized spacial score (nSPS) is 16.0. The van der Waals surface area contributed by atoms with E-state index < -0.39 is 0 Å². The van der Waals surface area contributed by atoms with E-state index in [0.29, 0.717) is 5.92 Å². The average Bonchev–Trinajstić information content (AvgIpc) is 2.44. The summed E-state index contributed by atoms with van der Waals surface area (Å²) in [6, 6.07) is 0. The van der Waals surface area contributed by atoms with Gasteiger partial charge in [-0.2, -0.15) is 0 Å². The summed E-state index contributed by atoms with van der Waals surface area (Å²) in [5.74, 6) is 1.96. The minimum atomic E-state index is 0.691. The van der Waals surface area contributed by atoms with Crippen LogP contribution in [0.4, 0.5) is 0 Å². The SMILES string of the molecule is Cc1nc(CC(C)C)n2c1CNCC2. The van der Waals surface area contributed by atoms with Gasteiger partial charge >= 0.3 is 0 Å². The fourth-order valence-corrected chi connectivity index (χ4v) is 2.08. The number of fused-ring (bicyclic) bond motifs is 1. The van der Waals surface area contributed by atoms with E-state index >= 15 is 0 Å². The summed E-state index contributed by atoms with van der Waals surface area (Å²) in [7, 11) is 0. The highest BCUT2D eigenvalue weighted by atomic mass is 15.1. The van der Waals surface area contributed by atoms with Crippen LogP contribution in [-0.4, -0.2) is 16.1 Å². The molecular formula is C11H19N3. The molecule has 1 N–H and O–H groups in total. The van der Waals surface area contributed by atoms with Gasteiger partial charge in [0.1, 0.15) is 5.82 Å². The Labute approximate surface area is 85.5 Å². The Balaban J connectivity index is 2.31. The van der Waals surface area contributed by atoms with Crippen molar-refractivity contribution in [2.75, 3.05) is 6.54 Å². The molecule has 0 unspecified atom stereocenters. The molecule has 3 nitrogen and oxygen atoms in total. The minimum Gasteiger partial charge on any atom is -0.329 e. The second-order valence-electron chi connectivity index (χ2n) is 4.49. The summed E-state index contributed by atoms with van der Waals surface area (Å²) in [6.45, 7) is 9.75. The van der Waals surface area contributed by atoms with E-state index in [9.17, 15) is 0 Å². The fraction of sp³-hybridized carbons (Fsp3) is 0.727. The van der Waals surface area contributed by atoms with Gasteiger partial charge in [-0.3, -0.25) is 0 Å². The largest absolute Gasteiger partial charge is 0.329 e. The summed E-state index contributed by atoms with van der Waals surface area (Å²) in [5.41, 5.74) is 2.58. The Morgan fingerprint density at radius 1 is 1.50 bits per heavy atom. The molecule has 1 aliphatic rings. The van der Waals surface area contributed by atoms with Crippen molar-refractivity contribution >= 4 is 0 Å². The highest BCUT2D eigenvalue weighted by molar-refractivity contribution is 5.17. The molecule has 0 aromatic carbocycles. The molecule has 0 saturated carbocycles. The molecule has 0 amide bonds. The lowest BCUT2D eigenvalue weighted by Gasteiger charge is -2.18. The van der Waals surface area contributed by atoms with E-state index in [-0.39, 0.29) is 0 Å². The van der Waals surface area contributed by atoms with Gasteiger partial charge in [0.15, 0.2) is 0 Å². The van der Waals surface area contributed by atoms with Gasteiger partial charge in [-0.15, -0.1) is 0 Å². The number of aryl methyl sites for hydroxylation is 1. The molecule has 1 aliphatic heterocycles. The predicted molar refractivity (Wildman–Crippen MR) is 57.2 cm³/mol. The Kier molecular flexibility index (Phi) is 2.59. The Bertz CT molecular complexity index is 326. The first-order chi connectivity index (χ1) is 6.68. The summed E-state index contributed by atoms with van der Waals surface area (Å²) in [4.78, 5) is 4.66. The molecule has 0 fully saturated rings. The van der Waals surface area contributed by atoms with Crippen LogP contribution in [0.3, 0.4) is 0 Å². The lowest BCUT2D eigenvalue weighted by molar-refractivity contribution is 0.485. The number of hydrogen-bond donors (Lipinski definition) is 1. The van der Waals surface area contributed by atoms with Crippen LogP contribution in [-0.2, 0) is 19.5 Å². The van der Waals surface area contributed by atoms with Crippen molar-refractivity contribution in [3.8, 4) is 0 Å². The predicted octanol–water partition coefficient (Wildman–Crippen LogP) is 1.49. The third-order valence-electron chi connectivity index (χ3n) is 2.75. The van der Waals surface area contributed by atoms with Crippen LogP contribution in [0.15, 0.2) is 0 Å². The molecule has 0 bridgehead atoms. The quantitative estimate of drug-likeness (QED) is 0.771. The zero-order valence-corrected chi connectivity index (χ0v) is 9.30. The first kappa shape index (κ1) is 9.71. The number of hydrogen-bond acceptors (Lipinski definition) is 2. The van der Waals surface area contributed by atoms with E-state index in [1.165, 1.54) is 17.2 Å². The van der Waals surface area contributed by atoms with Gasteiger partial charge in [0.2, 0.25) is 0 Å². The average molecular weight is 193 g/mol. The monoisotopic (exact) mass is 193 g/mol. The molecule has 2 heterocycles. The van der Waals surface area contributed by atoms with Crippen LogP contribution in [0, 0.1) is 12.8 Å². The first-order valence-corrected chi connectivity index (χ1v) is 5.44. The molecule has 1 aromatic rings. The van der Waals surface area contributed by atoms with Crippen molar-refractivity contribution in [2.45, 2.75) is 40.3 Å². The zero-order valence-electron chi connectivity index (χ0n) is 9.30. The second kappa shape index (κ2) is 3.73. The molecule has 0 atom stereocenters. The third kappa shape index (κ3) is 1.69. The first-order valence-electron chi connectivity index (χ1n) is 5.44. The van der Waals surface area contributed by atoms with Gasteiger partial charge in [0.05, 0.1) is 11.4 Å². The molecule has 2 rings (SSSR count). The number of nitrogens with one attached hydrogen (secondary N) is 1. The summed E-state index contributed by atoms with van der Waals surface area (Å²) in [5, 5.41) is 3.39. The Hall–Kier alpha value is -0.830. The maximum absolute atomic E-state index is 4.66. The van der Waals surface area contributed by atoms with E-state index in [1.54, 1.807) is 0 Å². The van der Waals surface area contributed by atoms with Crippen LogP contribution in [0.25, 0.3) is 0 Å². The van der Waals surface area contributed by atoms with Gasteiger partial charge in [0, 0.05) is 26.1 Å². The number of aromatic nitrogens is 2. The molecule has 0 saturated heterocycles. The number of nitrogens with zero attached hydrogens (tertiary/aromatic N) is 2. The highest BCUT2D eigenvalue weighted by Gasteiger charge is 2.17. The molecular weight excluding hydrogens is 174 g/mol. The Morgan fingerprint density at radius 2 is 2.29 bits per heavy atom. The second-order valence-corrected chi connectivity index (χ2v) is 4.49. The molecule has 0 spiro atoms. The van der Waals surface area contributed by atoms with E-state index in [0.717, 1.165) is 26.1 Å². The summed E-state index contributed by atoms with van der Waals surface area (Å²) in [6.07, 6.45) is 1.10.